The quantitative estimate of drug-likeness (QED) is 0.330. The van der Waals surface area contributed by atoms with Gasteiger partial charge in [0.2, 0.25) is 0 Å². The van der Waals surface area contributed by atoms with Crippen molar-refractivity contribution >= 4 is 6.16 Å². The maximum Gasteiger partial charge on any atom is 0.519 e. The molecular formula is C25H20N2O3. The fraction of sp³-hybridized carbons (Fsp3) is 0.0800. The first-order valence-electron chi connectivity index (χ1n) is 9.61. The molecule has 148 valence electrons. The van der Waals surface area contributed by atoms with E-state index in [1.807, 2.05) is 60.7 Å². The first kappa shape index (κ1) is 19.3. The van der Waals surface area contributed by atoms with Crippen molar-refractivity contribution < 1.29 is 14.3 Å². The normalized spacial score (nSPS) is 10.4. The van der Waals surface area contributed by atoms with Gasteiger partial charge in [-0.3, -0.25) is 9.97 Å². The highest BCUT2D eigenvalue weighted by atomic mass is 16.7. The summed E-state index contributed by atoms with van der Waals surface area (Å²) in [6.07, 6.45) is 7.49. The summed E-state index contributed by atoms with van der Waals surface area (Å²) in [5.41, 5.74) is 3.82. The first-order valence-corrected chi connectivity index (χ1v) is 9.61. The number of pyridine rings is 2. The molecule has 0 fully saturated rings. The van der Waals surface area contributed by atoms with Crippen molar-refractivity contribution in [1.29, 1.82) is 0 Å². The van der Waals surface area contributed by atoms with Crippen molar-refractivity contribution in [3.8, 4) is 11.5 Å². The molecule has 0 N–H and O–H groups in total. The SMILES string of the molecule is O=C(Oc1ccccc1Cc1cccnc1)Oc1ccccc1Cc1cccnc1. The van der Waals surface area contributed by atoms with E-state index in [2.05, 4.69) is 9.97 Å². The summed E-state index contributed by atoms with van der Waals surface area (Å²) in [6, 6.07) is 22.6. The summed E-state index contributed by atoms with van der Waals surface area (Å²) in [5.74, 6) is 0.937. The molecule has 0 aliphatic rings. The van der Waals surface area contributed by atoms with Crippen LogP contribution in [0.5, 0.6) is 11.5 Å². The molecular weight excluding hydrogens is 376 g/mol. The number of hydrogen-bond acceptors (Lipinski definition) is 5. The van der Waals surface area contributed by atoms with Crippen molar-refractivity contribution in [3.63, 3.8) is 0 Å². The summed E-state index contributed by atoms with van der Waals surface area (Å²) < 4.78 is 11.1. The summed E-state index contributed by atoms with van der Waals surface area (Å²) >= 11 is 0. The Morgan fingerprint density at radius 3 is 1.53 bits per heavy atom. The number of aromatic nitrogens is 2. The monoisotopic (exact) mass is 396 g/mol. The molecule has 2 heterocycles. The van der Waals surface area contributed by atoms with E-state index in [-0.39, 0.29) is 0 Å². The molecule has 2 aromatic heterocycles. The molecule has 0 atom stereocenters. The molecule has 0 saturated carbocycles. The third-order valence-corrected chi connectivity index (χ3v) is 4.57. The number of carbonyl (C=O) groups excluding carboxylic acids is 1. The summed E-state index contributed by atoms with van der Waals surface area (Å²) in [4.78, 5) is 20.8. The van der Waals surface area contributed by atoms with Gasteiger partial charge in [-0.25, -0.2) is 4.79 Å². The van der Waals surface area contributed by atoms with Gasteiger partial charge in [-0.05, 0) is 46.5 Å². The third kappa shape index (κ3) is 5.08. The highest BCUT2D eigenvalue weighted by Crippen LogP contribution is 2.24. The van der Waals surface area contributed by atoms with E-state index in [1.165, 1.54) is 0 Å². The standard InChI is InChI=1S/C25H20N2O3/c28-25(29-23-11-3-1-9-21(23)15-19-7-5-13-26-17-19)30-24-12-4-2-10-22(24)16-20-8-6-14-27-18-20/h1-14,17-18H,15-16H2. The molecule has 0 aliphatic carbocycles. The Morgan fingerprint density at radius 1 is 0.633 bits per heavy atom. The molecule has 4 rings (SSSR count). The maximum absolute atomic E-state index is 12.5. The lowest BCUT2D eigenvalue weighted by Gasteiger charge is -2.12. The lowest BCUT2D eigenvalue weighted by atomic mass is 10.1. The molecule has 0 aliphatic heterocycles. The second kappa shape index (κ2) is 9.47. The highest BCUT2D eigenvalue weighted by Gasteiger charge is 2.14. The van der Waals surface area contributed by atoms with E-state index in [9.17, 15) is 4.79 Å². The Labute approximate surface area is 175 Å². The Kier molecular flexibility index (Phi) is 6.11. The van der Waals surface area contributed by atoms with Gasteiger partial charge in [-0.1, -0.05) is 48.5 Å². The fourth-order valence-electron chi connectivity index (χ4n) is 3.14. The van der Waals surface area contributed by atoms with Gasteiger partial charge < -0.3 is 9.47 Å². The molecule has 5 nitrogen and oxygen atoms in total. The molecule has 2 aromatic carbocycles. The lowest BCUT2D eigenvalue weighted by Crippen LogP contribution is -2.15. The van der Waals surface area contributed by atoms with E-state index >= 15 is 0 Å². The maximum atomic E-state index is 12.5. The smallest absolute Gasteiger partial charge is 0.394 e. The molecule has 0 radical (unpaired) electrons. The van der Waals surface area contributed by atoms with Gasteiger partial charge in [0.15, 0.2) is 0 Å². The molecule has 0 bridgehead atoms. The zero-order valence-corrected chi connectivity index (χ0v) is 16.3. The summed E-state index contributed by atoms with van der Waals surface area (Å²) in [7, 11) is 0. The van der Waals surface area contributed by atoms with Crippen LogP contribution in [0.25, 0.3) is 0 Å². The predicted octanol–water partition coefficient (Wildman–Crippen LogP) is 5.24. The number of carbonyl (C=O) groups is 1. The average Bonchev–Trinajstić information content (AvgIpc) is 2.78. The van der Waals surface area contributed by atoms with Gasteiger partial charge in [0.25, 0.3) is 0 Å². The van der Waals surface area contributed by atoms with Crippen LogP contribution in [0, 0.1) is 0 Å². The van der Waals surface area contributed by atoms with Gasteiger partial charge in [-0.15, -0.1) is 0 Å². The highest BCUT2D eigenvalue weighted by molar-refractivity contribution is 5.68. The fourth-order valence-corrected chi connectivity index (χ4v) is 3.14. The Bertz CT molecular complexity index is 1030. The number of para-hydroxylation sites is 2. The van der Waals surface area contributed by atoms with Crippen molar-refractivity contribution in [2.45, 2.75) is 12.8 Å². The van der Waals surface area contributed by atoms with Crippen LogP contribution in [0.15, 0.2) is 97.6 Å². The number of nitrogens with zero attached hydrogens (tertiary/aromatic N) is 2. The van der Waals surface area contributed by atoms with Crippen molar-refractivity contribution in [2.24, 2.45) is 0 Å². The van der Waals surface area contributed by atoms with Gasteiger partial charge in [0.05, 0.1) is 0 Å². The number of hydrogen-bond donors (Lipinski definition) is 0. The first-order chi connectivity index (χ1) is 14.8. The third-order valence-electron chi connectivity index (χ3n) is 4.57. The minimum Gasteiger partial charge on any atom is -0.394 e. The second-order valence-electron chi connectivity index (χ2n) is 6.75. The van der Waals surface area contributed by atoms with E-state index in [1.54, 1.807) is 36.9 Å². The molecule has 0 unspecified atom stereocenters. The zero-order valence-electron chi connectivity index (χ0n) is 16.3. The molecule has 0 saturated heterocycles. The van der Waals surface area contributed by atoms with Crippen molar-refractivity contribution in [2.75, 3.05) is 0 Å². The molecule has 5 heteroatoms. The van der Waals surface area contributed by atoms with Crippen molar-refractivity contribution in [1.82, 2.24) is 9.97 Å². The van der Waals surface area contributed by atoms with Gasteiger partial charge in [0.1, 0.15) is 11.5 Å². The van der Waals surface area contributed by atoms with Crippen LogP contribution in [0.3, 0.4) is 0 Å². The second-order valence-corrected chi connectivity index (χ2v) is 6.75. The lowest BCUT2D eigenvalue weighted by molar-refractivity contribution is 0.151. The van der Waals surface area contributed by atoms with Crippen LogP contribution in [-0.2, 0) is 12.8 Å². The van der Waals surface area contributed by atoms with Crippen molar-refractivity contribution in [3.05, 3.63) is 120 Å². The topological polar surface area (TPSA) is 61.3 Å². The van der Waals surface area contributed by atoms with Gasteiger partial charge >= 0.3 is 6.16 Å². The molecule has 30 heavy (non-hydrogen) atoms. The number of ether oxygens (including phenoxy) is 2. The van der Waals surface area contributed by atoms with Crippen LogP contribution < -0.4 is 9.47 Å². The summed E-state index contributed by atoms with van der Waals surface area (Å²) in [6.45, 7) is 0. The molecule has 0 spiro atoms. The van der Waals surface area contributed by atoms with Crippen LogP contribution in [0.1, 0.15) is 22.3 Å². The average molecular weight is 396 g/mol. The molecule has 0 amide bonds. The van der Waals surface area contributed by atoms with Crippen LogP contribution in [0.4, 0.5) is 4.79 Å². The minimum atomic E-state index is -0.771. The van der Waals surface area contributed by atoms with E-state index in [0.717, 1.165) is 22.3 Å². The van der Waals surface area contributed by atoms with Crippen LogP contribution in [0.2, 0.25) is 0 Å². The Morgan fingerprint density at radius 2 is 1.10 bits per heavy atom. The number of benzene rings is 2. The Hall–Kier alpha value is -3.99. The number of rotatable bonds is 6. The Balaban J connectivity index is 1.47. The van der Waals surface area contributed by atoms with E-state index in [0.29, 0.717) is 24.3 Å². The van der Waals surface area contributed by atoms with E-state index < -0.39 is 6.16 Å². The van der Waals surface area contributed by atoms with E-state index in [4.69, 9.17) is 9.47 Å². The van der Waals surface area contributed by atoms with Gasteiger partial charge in [-0.2, -0.15) is 0 Å². The zero-order chi connectivity index (χ0) is 20.6. The predicted molar refractivity (Wildman–Crippen MR) is 114 cm³/mol. The van der Waals surface area contributed by atoms with Crippen LogP contribution >= 0.6 is 0 Å². The van der Waals surface area contributed by atoms with Gasteiger partial charge in [0, 0.05) is 37.6 Å². The van der Waals surface area contributed by atoms with Crippen LogP contribution in [-0.4, -0.2) is 16.1 Å². The minimum absolute atomic E-state index is 0.469. The summed E-state index contributed by atoms with van der Waals surface area (Å²) in [5, 5.41) is 0. The largest absolute Gasteiger partial charge is 0.519 e. The molecule has 4 aromatic rings.